The summed E-state index contributed by atoms with van der Waals surface area (Å²) in [4.78, 5) is 15.3. The van der Waals surface area contributed by atoms with Crippen LogP contribution in [0, 0.1) is 6.92 Å². The van der Waals surface area contributed by atoms with Crippen LogP contribution in [0.15, 0.2) is 101 Å². The molecule has 2 heterocycles. The Morgan fingerprint density at radius 1 is 0.912 bits per heavy atom. The number of fused-ring (bicyclic) bond motifs is 1. The van der Waals surface area contributed by atoms with Gasteiger partial charge in [0.2, 0.25) is 0 Å². The van der Waals surface area contributed by atoms with Crippen LogP contribution < -0.4 is 10.1 Å². The number of phenols is 1. The van der Waals surface area contributed by atoms with Crippen molar-refractivity contribution in [2.45, 2.75) is 23.3 Å². The second-order valence-corrected chi connectivity index (χ2v) is 8.81. The second kappa shape index (κ2) is 9.80. The number of rotatable bonds is 7. The highest BCUT2D eigenvalue weighted by Gasteiger charge is 2.12. The van der Waals surface area contributed by atoms with E-state index in [0.717, 1.165) is 37.9 Å². The third-order valence-corrected chi connectivity index (χ3v) is 6.24. The molecule has 0 fully saturated rings. The van der Waals surface area contributed by atoms with Crippen LogP contribution in [0.1, 0.15) is 11.3 Å². The molecule has 0 amide bonds. The molecule has 7 heteroatoms. The lowest BCUT2D eigenvalue weighted by Crippen LogP contribution is -2.00. The van der Waals surface area contributed by atoms with E-state index in [4.69, 9.17) is 4.74 Å². The summed E-state index contributed by atoms with van der Waals surface area (Å²) in [5, 5.41) is 13.9. The van der Waals surface area contributed by atoms with Gasteiger partial charge >= 0.3 is 0 Å². The minimum Gasteiger partial charge on any atom is -0.508 e. The molecule has 0 spiro atoms. The van der Waals surface area contributed by atoms with Gasteiger partial charge in [0, 0.05) is 21.6 Å². The van der Waals surface area contributed by atoms with E-state index in [1.807, 2.05) is 79.7 Å². The van der Waals surface area contributed by atoms with Crippen molar-refractivity contribution in [3.63, 3.8) is 0 Å². The van der Waals surface area contributed by atoms with E-state index in [0.29, 0.717) is 18.1 Å². The van der Waals surface area contributed by atoms with E-state index in [1.54, 1.807) is 23.9 Å². The van der Waals surface area contributed by atoms with Crippen LogP contribution in [-0.4, -0.2) is 20.1 Å². The van der Waals surface area contributed by atoms with Crippen molar-refractivity contribution in [2.24, 2.45) is 0 Å². The van der Waals surface area contributed by atoms with E-state index < -0.39 is 0 Å². The molecule has 0 saturated carbocycles. The minimum absolute atomic E-state index is 0.239. The fraction of sp³-hybridized carbons (Fsp3) is 0.0741. The van der Waals surface area contributed by atoms with Crippen LogP contribution in [0.5, 0.6) is 11.5 Å². The molecule has 6 nitrogen and oxygen atoms in total. The summed E-state index contributed by atoms with van der Waals surface area (Å²) in [5.41, 5.74) is 3.49. The zero-order chi connectivity index (χ0) is 23.3. The van der Waals surface area contributed by atoms with Gasteiger partial charge in [0.15, 0.2) is 5.65 Å². The zero-order valence-electron chi connectivity index (χ0n) is 18.5. The molecule has 0 aliphatic heterocycles. The zero-order valence-corrected chi connectivity index (χ0v) is 19.3. The highest BCUT2D eigenvalue weighted by atomic mass is 32.2. The predicted octanol–water partition coefficient (Wildman–Crippen LogP) is 6.51. The average molecular weight is 467 g/mol. The molecule has 0 bridgehead atoms. The highest BCUT2D eigenvalue weighted by Crippen LogP contribution is 2.38. The highest BCUT2D eigenvalue weighted by molar-refractivity contribution is 7.99. The summed E-state index contributed by atoms with van der Waals surface area (Å²) in [6.07, 6.45) is 1.51. The smallest absolute Gasteiger partial charge is 0.164 e. The lowest BCUT2D eigenvalue weighted by Gasteiger charge is -2.15. The van der Waals surface area contributed by atoms with Crippen LogP contribution in [0.25, 0.3) is 11.0 Å². The van der Waals surface area contributed by atoms with Gasteiger partial charge in [0.05, 0.1) is 11.1 Å². The molecule has 5 aromatic rings. The van der Waals surface area contributed by atoms with Crippen molar-refractivity contribution < 1.29 is 9.84 Å². The maximum absolute atomic E-state index is 9.62. The summed E-state index contributed by atoms with van der Waals surface area (Å²) in [6.45, 7) is 2.42. The number of aromatic hydroxyl groups is 1. The number of anilines is 2. The first-order valence-electron chi connectivity index (χ1n) is 10.8. The number of benzene rings is 3. The van der Waals surface area contributed by atoms with Gasteiger partial charge < -0.3 is 15.2 Å². The van der Waals surface area contributed by atoms with E-state index in [1.165, 1.54) is 6.33 Å². The van der Waals surface area contributed by atoms with E-state index >= 15 is 0 Å². The van der Waals surface area contributed by atoms with Crippen molar-refractivity contribution in [3.05, 3.63) is 103 Å². The second-order valence-electron chi connectivity index (χ2n) is 7.70. The van der Waals surface area contributed by atoms with Crippen molar-refractivity contribution in [2.75, 3.05) is 5.32 Å². The van der Waals surface area contributed by atoms with Gasteiger partial charge in [-0.15, -0.1) is 0 Å². The van der Waals surface area contributed by atoms with Crippen LogP contribution in [0.2, 0.25) is 0 Å². The molecule has 0 aliphatic rings. The van der Waals surface area contributed by atoms with Gasteiger partial charge in [0.25, 0.3) is 0 Å². The molecule has 2 aromatic heterocycles. The first kappa shape index (κ1) is 21.7. The van der Waals surface area contributed by atoms with Crippen molar-refractivity contribution in [1.82, 2.24) is 15.0 Å². The largest absolute Gasteiger partial charge is 0.508 e. The van der Waals surface area contributed by atoms with E-state index in [9.17, 15) is 5.11 Å². The van der Waals surface area contributed by atoms with Crippen LogP contribution in [-0.2, 0) is 6.61 Å². The number of aromatic nitrogens is 3. The van der Waals surface area contributed by atoms with Crippen molar-refractivity contribution in [3.8, 4) is 11.5 Å². The van der Waals surface area contributed by atoms with Crippen LogP contribution in [0.4, 0.5) is 11.5 Å². The van der Waals surface area contributed by atoms with Gasteiger partial charge in [0.1, 0.15) is 30.3 Å². The third kappa shape index (κ3) is 5.10. The van der Waals surface area contributed by atoms with Gasteiger partial charge in [-0.2, -0.15) is 0 Å². The fourth-order valence-electron chi connectivity index (χ4n) is 3.43. The number of nitrogens with one attached hydrogen (secondary N) is 1. The van der Waals surface area contributed by atoms with Gasteiger partial charge in [-0.3, -0.25) is 0 Å². The Morgan fingerprint density at radius 3 is 2.56 bits per heavy atom. The van der Waals surface area contributed by atoms with Crippen molar-refractivity contribution >= 4 is 34.3 Å². The molecule has 5 rings (SSSR count). The molecule has 0 radical (unpaired) electrons. The maximum atomic E-state index is 9.62. The molecule has 168 valence electrons. The first-order chi connectivity index (χ1) is 16.6. The van der Waals surface area contributed by atoms with Gasteiger partial charge in [-0.25, -0.2) is 15.0 Å². The number of pyridine rings is 1. The molecule has 0 aliphatic carbocycles. The summed E-state index contributed by atoms with van der Waals surface area (Å²) >= 11 is 1.58. The lowest BCUT2D eigenvalue weighted by atomic mass is 10.2. The Hall–Kier alpha value is -4.10. The maximum Gasteiger partial charge on any atom is 0.164 e. The third-order valence-electron chi connectivity index (χ3n) is 5.15. The number of phenolic OH excluding ortho intramolecular Hbond substituents is 1. The Labute approximate surface area is 201 Å². The summed E-state index contributed by atoms with van der Waals surface area (Å²) in [6, 6.07) is 27.1. The molecule has 34 heavy (non-hydrogen) atoms. The standard InChI is InChI=1S/C27H22N4O2S/c1-18-7-13-23-26(30-18)28-17-29-27(23)31-24-15-21(33-16-19-5-3-2-4-6-19)10-14-25(24)34-22-11-8-20(32)9-12-22/h2-15,17,32H,16H2,1H3,(H,28,29,30,31). The molecule has 3 aromatic carbocycles. The number of hydrogen-bond donors (Lipinski definition) is 2. The average Bonchev–Trinajstić information content (AvgIpc) is 2.86. The summed E-state index contributed by atoms with van der Waals surface area (Å²) < 4.78 is 6.07. The number of ether oxygens (including phenoxy) is 1. The number of hydrogen-bond acceptors (Lipinski definition) is 7. The van der Waals surface area contributed by atoms with E-state index in [-0.39, 0.29) is 5.75 Å². The van der Waals surface area contributed by atoms with Crippen LogP contribution in [0.3, 0.4) is 0 Å². The van der Waals surface area contributed by atoms with Gasteiger partial charge in [-0.1, -0.05) is 42.1 Å². The Balaban J connectivity index is 1.48. The van der Waals surface area contributed by atoms with Crippen LogP contribution >= 0.6 is 11.8 Å². The van der Waals surface area contributed by atoms with Crippen molar-refractivity contribution in [1.29, 1.82) is 0 Å². The lowest BCUT2D eigenvalue weighted by molar-refractivity contribution is 0.306. The molecule has 0 unspecified atom stereocenters. The minimum atomic E-state index is 0.239. The fourth-order valence-corrected chi connectivity index (χ4v) is 4.31. The summed E-state index contributed by atoms with van der Waals surface area (Å²) in [5.74, 6) is 1.65. The number of aryl methyl sites for hydroxylation is 1. The Kier molecular flexibility index (Phi) is 6.27. The quantitative estimate of drug-likeness (QED) is 0.283. The van der Waals surface area contributed by atoms with Gasteiger partial charge in [-0.05, 0) is 61.0 Å². The predicted molar refractivity (Wildman–Crippen MR) is 135 cm³/mol. The number of nitrogens with zero attached hydrogens (tertiary/aromatic N) is 3. The summed E-state index contributed by atoms with van der Waals surface area (Å²) in [7, 11) is 0. The first-order valence-corrected chi connectivity index (χ1v) is 11.6. The Morgan fingerprint density at radius 2 is 1.74 bits per heavy atom. The molecule has 2 N–H and O–H groups in total. The molecule has 0 saturated heterocycles. The molecule has 0 atom stereocenters. The molecular weight excluding hydrogens is 444 g/mol. The Bertz CT molecular complexity index is 1430. The SMILES string of the molecule is Cc1ccc2c(Nc3cc(OCc4ccccc4)ccc3Sc3ccc(O)cc3)ncnc2n1. The monoisotopic (exact) mass is 466 g/mol. The normalized spacial score (nSPS) is 10.9. The van der Waals surface area contributed by atoms with E-state index in [2.05, 4.69) is 20.3 Å². The topological polar surface area (TPSA) is 80.2 Å². The molecular formula is C27H22N4O2S.